The number of rotatable bonds is 5. The van der Waals surface area contributed by atoms with Gasteiger partial charge in [0.2, 0.25) is 0 Å². The molecule has 0 rings (SSSR count). The van der Waals surface area contributed by atoms with Crippen LogP contribution < -0.4 is 0 Å². The molecule has 90 valence electrons. The molecule has 0 aliphatic heterocycles. The van der Waals surface area contributed by atoms with Gasteiger partial charge in [-0.3, -0.25) is 4.79 Å². The van der Waals surface area contributed by atoms with E-state index in [-0.39, 0.29) is 11.8 Å². The van der Waals surface area contributed by atoms with Gasteiger partial charge in [-0.05, 0) is 12.8 Å². The van der Waals surface area contributed by atoms with E-state index in [1.165, 1.54) is 6.92 Å². The Hall–Kier alpha value is -0.900. The Labute approximate surface area is 91.9 Å². The van der Waals surface area contributed by atoms with E-state index in [9.17, 15) is 9.59 Å². The molecule has 0 bridgehead atoms. The van der Waals surface area contributed by atoms with E-state index in [1.807, 2.05) is 13.8 Å². The average molecular weight is 218 g/mol. The summed E-state index contributed by atoms with van der Waals surface area (Å²) in [6.07, 6.45) is 0.722. The van der Waals surface area contributed by atoms with Crippen LogP contribution in [0.3, 0.4) is 0 Å². The molecule has 0 radical (unpaired) electrons. The van der Waals surface area contributed by atoms with E-state index in [4.69, 9.17) is 0 Å². The van der Waals surface area contributed by atoms with Crippen LogP contribution in [0.1, 0.15) is 34.1 Å². The zero-order chi connectivity index (χ0) is 12.3. The Morgan fingerprint density at radius 1 is 1.13 bits per heavy atom. The van der Waals surface area contributed by atoms with E-state index in [0.717, 1.165) is 6.42 Å². The van der Waals surface area contributed by atoms with Crippen LogP contribution in [0.5, 0.6) is 0 Å². The Kier molecular flexibility index (Phi) is 12.3. The van der Waals surface area contributed by atoms with Crippen molar-refractivity contribution in [2.75, 3.05) is 20.3 Å². The molecule has 0 aromatic rings. The van der Waals surface area contributed by atoms with Gasteiger partial charge < -0.3 is 14.3 Å². The molecule has 0 saturated heterocycles. The molecular formula is C11H22O4. The predicted molar refractivity (Wildman–Crippen MR) is 58.6 cm³/mol. The second-order valence-corrected chi connectivity index (χ2v) is 3.63. The molecule has 0 aliphatic rings. The minimum Gasteiger partial charge on any atom is -0.463 e. The highest BCUT2D eigenvalue weighted by Gasteiger charge is 1.95. The lowest BCUT2D eigenvalue weighted by molar-refractivity contribution is -0.142. The number of carbonyl (C=O) groups is 2. The summed E-state index contributed by atoms with van der Waals surface area (Å²) in [4.78, 5) is 20.3. The van der Waals surface area contributed by atoms with E-state index in [1.54, 1.807) is 14.0 Å². The molecule has 0 unspecified atom stereocenters. The van der Waals surface area contributed by atoms with Crippen LogP contribution in [0.2, 0.25) is 0 Å². The first kappa shape index (κ1) is 16.5. The first-order valence-electron chi connectivity index (χ1n) is 5.01. The molecule has 0 N–H and O–H groups in total. The highest BCUT2D eigenvalue weighted by atomic mass is 16.6. The smallest absolute Gasteiger partial charge is 0.302 e. The van der Waals surface area contributed by atoms with Gasteiger partial charge in [0.25, 0.3) is 0 Å². The Morgan fingerprint density at radius 2 is 1.67 bits per heavy atom. The lowest BCUT2D eigenvalue weighted by atomic mass is 10.1. The lowest BCUT2D eigenvalue weighted by Crippen LogP contribution is -2.05. The molecular weight excluding hydrogens is 196 g/mol. The van der Waals surface area contributed by atoms with E-state index < -0.39 is 0 Å². The fourth-order valence-electron chi connectivity index (χ4n) is 0.844. The normalized spacial score (nSPS) is 9.20. The van der Waals surface area contributed by atoms with Crippen molar-refractivity contribution in [1.29, 1.82) is 0 Å². The molecule has 0 heterocycles. The maximum Gasteiger partial charge on any atom is 0.302 e. The minimum atomic E-state index is -0.262. The van der Waals surface area contributed by atoms with E-state index >= 15 is 0 Å². The minimum absolute atomic E-state index is 0.262. The van der Waals surface area contributed by atoms with Crippen LogP contribution >= 0.6 is 0 Å². The summed E-state index contributed by atoms with van der Waals surface area (Å²) >= 11 is 0. The van der Waals surface area contributed by atoms with Crippen molar-refractivity contribution in [2.45, 2.75) is 34.1 Å². The third-order valence-corrected chi connectivity index (χ3v) is 1.29. The molecule has 4 nitrogen and oxygen atoms in total. The maximum atomic E-state index is 10.3. The van der Waals surface area contributed by atoms with Crippen LogP contribution in [-0.4, -0.2) is 32.1 Å². The third kappa shape index (κ3) is 24.6. The molecule has 0 aromatic carbocycles. The number of ketones is 1. The molecule has 0 spiro atoms. The second kappa shape index (κ2) is 11.2. The van der Waals surface area contributed by atoms with Gasteiger partial charge in [-0.15, -0.1) is 0 Å². The summed E-state index contributed by atoms with van der Waals surface area (Å²) in [6.45, 7) is 7.91. The Bertz CT molecular complexity index is 175. The number of Topliss-reactive ketones (excluding diaryl/α,β-unsaturated/α-hetero) is 1. The van der Waals surface area contributed by atoms with Gasteiger partial charge in [0.1, 0.15) is 12.4 Å². The van der Waals surface area contributed by atoms with Gasteiger partial charge in [0, 0.05) is 20.5 Å². The number of hydrogen-bond donors (Lipinski definition) is 0. The quantitative estimate of drug-likeness (QED) is 0.521. The van der Waals surface area contributed by atoms with E-state index in [0.29, 0.717) is 19.1 Å². The molecule has 0 atom stereocenters. The van der Waals surface area contributed by atoms with Crippen molar-refractivity contribution < 1.29 is 19.1 Å². The fourth-order valence-corrected chi connectivity index (χ4v) is 0.844. The number of esters is 1. The highest BCUT2D eigenvalue weighted by molar-refractivity contribution is 5.75. The molecule has 0 aromatic heterocycles. The van der Waals surface area contributed by atoms with Crippen LogP contribution in [0.4, 0.5) is 0 Å². The summed E-state index contributed by atoms with van der Waals surface area (Å²) in [5, 5.41) is 0. The Balaban J connectivity index is 0. The van der Waals surface area contributed by atoms with Crippen LogP contribution in [0.15, 0.2) is 0 Å². The monoisotopic (exact) mass is 218 g/mol. The van der Waals surface area contributed by atoms with Crippen molar-refractivity contribution in [3.63, 3.8) is 0 Å². The van der Waals surface area contributed by atoms with Gasteiger partial charge in [0.05, 0.1) is 6.61 Å². The van der Waals surface area contributed by atoms with Gasteiger partial charge >= 0.3 is 5.97 Å². The van der Waals surface area contributed by atoms with Crippen molar-refractivity contribution in [3.05, 3.63) is 0 Å². The molecule has 0 aliphatic carbocycles. The van der Waals surface area contributed by atoms with Crippen molar-refractivity contribution in [1.82, 2.24) is 0 Å². The summed E-state index contributed by atoms with van der Waals surface area (Å²) in [5.74, 6) is 0.551. The molecule has 0 fully saturated rings. The van der Waals surface area contributed by atoms with Gasteiger partial charge in [-0.2, -0.15) is 0 Å². The zero-order valence-corrected chi connectivity index (χ0v) is 10.3. The number of hydrogen-bond acceptors (Lipinski definition) is 4. The lowest BCUT2D eigenvalue weighted by Gasteiger charge is -1.97. The molecule has 0 amide bonds. The first-order chi connectivity index (χ1) is 6.90. The van der Waals surface area contributed by atoms with E-state index in [2.05, 4.69) is 9.47 Å². The number of methoxy groups -OCH3 is 1. The predicted octanol–water partition coefficient (Wildman–Crippen LogP) is 1.82. The Morgan fingerprint density at radius 3 is 1.87 bits per heavy atom. The van der Waals surface area contributed by atoms with Crippen molar-refractivity contribution in [3.8, 4) is 0 Å². The molecule has 15 heavy (non-hydrogen) atoms. The first-order valence-corrected chi connectivity index (χ1v) is 5.01. The van der Waals surface area contributed by atoms with Crippen molar-refractivity contribution >= 4 is 11.8 Å². The molecule has 4 heteroatoms. The molecule has 0 saturated carbocycles. The van der Waals surface area contributed by atoms with Crippen LogP contribution in [0.25, 0.3) is 0 Å². The van der Waals surface area contributed by atoms with Gasteiger partial charge in [-0.25, -0.2) is 0 Å². The topological polar surface area (TPSA) is 52.6 Å². The SMILES string of the molecule is CC(=O)CC(C)C.COCCOC(C)=O. The van der Waals surface area contributed by atoms with Gasteiger partial charge in [-0.1, -0.05) is 13.8 Å². The summed E-state index contributed by atoms with van der Waals surface area (Å²) in [6, 6.07) is 0. The number of ether oxygens (including phenoxy) is 2. The highest BCUT2D eigenvalue weighted by Crippen LogP contribution is 1.97. The zero-order valence-electron chi connectivity index (χ0n) is 10.3. The standard InChI is InChI=1S/C6H12O.C5H10O3/c1-5(2)4-6(3)7;1-5(6)8-4-3-7-2/h5H,4H2,1-3H3;3-4H2,1-2H3. The maximum absolute atomic E-state index is 10.3. The second-order valence-electron chi connectivity index (χ2n) is 3.63. The van der Waals surface area contributed by atoms with Gasteiger partial charge in [0.15, 0.2) is 0 Å². The van der Waals surface area contributed by atoms with Crippen molar-refractivity contribution in [2.24, 2.45) is 5.92 Å². The largest absolute Gasteiger partial charge is 0.463 e. The van der Waals surface area contributed by atoms with Crippen LogP contribution in [-0.2, 0) is 19.1 Å². The summed E-state index contributed by atoms with van der Waals surface area (Å²) in [5.41, 5.74) is 0. The summed E-state index contributed by atoms with van der Waals surface area (Å²) in [7, 11) is 1.56. The van der Waals surface area contributed by atoms with Crippen LogP contribution in [0, 0.1) is 5.92 Å². The fraction of sp³-hybridized carbons (Fsp3) is 0.818. The average Bonchev–Trinajstić information content (AvgIpc) is 2.02. The third-order valence-electron chi connectivity index (χ3n) is 1.29. The number of carbonyl (C=O) groups excluding carboxylic acids is 2. The summed E-state index contributed by atoms with van der Waals surface area (Å²) < 4.78 is 9.13.